The Balaban J connectivity index is 1.78. The second-order valence-corrected chi connectivity index (χ2v) is 9.42. The van der Waals surface area contributed by atoms with Crippen LogP contribution in [0.25, 0.3) is 0 Å². The van der Waals surface area contributed by atoms with Crippen molar-refractivity contribution in [2.24, 2.45) is 0 Å². The standard InChI is InChI=1S/C18H25N5O4S2/c1-10(2)12-7-19-15(29-12)22-13(24)6-11-9-28-16(21-11)23-14(25)8-20-17(26)27-18(3,4)5/h7,9-10H,6,8H2,1-5H3,(H,20,26)(H,19,22,24)(H,21,23,25). The number of hydrogen-bond donors (Lipinski definition) is 3. The predicted octanol–water partition coefficient (Wildman–Crippen LogP) is 3.37. The maximum absolute atomic E-state index is 12.2. The summed E-state index contributed by atoms with van der Waals surface area (Å²) in [6.07, 6.45) is 1.15. The van der Waals surface area contributed by atoms with E-state index < -0.39 is 17.6 Å². The van der Waals surface area contributed by atoms with E-state index in [1.54, 1.807) is 32.3 Å². The molecule has 2 aromatic heterocycles. The summed E-state index contributed by atoms with van der Waals surface area (Å²) >= 11 is 2.64. The molecule has 2 rings (SSSR count). The van der Waals surface area contributed by atoms with Gasteiger partial charge in [0.1, 0.15) is 12.1 Å². The van der Waals surface area contributed by atoms with E-state index in [-0.39, 0.29) is 18.9 Å². The molecule has 0 unspecified atom stereocenters. The lowest BCUT2D eigenvalue weighted by atomic mass is 10.2. The van der Waals surface area contributed by atoms with E-state index in [0.29, 0.717) is 21.9 Å². The van der Waals surface area contributed by atoms with Crippen LogP contribution in [0.5, 0.6) is 0 Å². The van der Waals surface area contributed by atoms with Crippen molar-refractivity contribution in [3.8, 4) is 0 Å². The molecule has 0 aromatic carbocycles. The van der Waals surface area contributed by atoms with E-state index in [9.17, 15) is 14.4 Å². The number of carbonyl (C=O) groups excluding carboxylic acids is 3. The van der Waals surface area contributed by atoms with Gasteiger partial charge in [-0.3, -0.25) is 9.59 Å². The number of alkyl carbamates (subject to hydrolysis) is 1. The number of anilines is 2. The van der Waals surface area contributed by atoms with Crippen LogP contribution in [0.15, 0.2) is 11.6 Å². The number of rotatable bonds is 7. The number of amides is 3. The van der Waals surface area contributed by atoms with Crippen LogP contribution >= 0.6 is 22.7 Å². The Kier molecular flexibility index (Phi) is 7.68. The highest BCUT2D eigenvalue weighted by Crippen LogP contribution is 2.25. The van der Waals surface area contributed by atoms with E-state index in [2.05, 4.69) is 39.8 Å². The summed E-state index contributed by atoms with van der Waals surface area (Å²) in [5, 5.41) is 10.3. The van der Waals surface area contributed by atoms with Crippen molar-refractivity contribution in [1.29, 1.82) is 0 Å². The smallest absolute Gasteiger partial charge is 0.408 e. The summed E-state index contributed by atoms with van der Waals surface area (Å²) < 4.78 is 5.06. The van der Waals surface area contributed by atoms with Crippen molar-refractivity contribution in [3.05, 3.63) is 22.1 Å². The minimum atomic E-state index is -0.674. The second-order valence-electron chi connectivity index (χ2n) is 7.50. The second kappa shape index (κ2) is 9.79. The van der Waals surface area contributed by atoms with Crippen molar-refractivity contribution in [3.63, 3.8) is 0 Å². The van der Waals surface area contributed by atoms with Gasteiger partial charge in [-0.2, -0.15) is 0 Å². The summed E-state index contributed by atoms with van der Waals surface area (Å²) in [6, 6.07) is 0. The first-order chi connectivity index (χ1) is 13.5. The lowest BCUT2D eigenvalue weighted by Crippen LogP contribution is -2.37. The van der Waals surface area contributed by atoms with Crippen LogP contribution in [0, 0.1) is 0 Å². The lowest BCUT2D eigenvalue weighted by Gasteiger charge is -2.19. The first-order valence-corrected chi connectivity index (χ1v) is 10.7. The Morgan fingerprint density at radius 2 is 1.83 bits per heavy atom. The van der Waals surface area contributed by atoms with Gasteiger partial charge in [0.2, 0.25) is 11.8 Å². The van der Waals surface area contributed by atoms with Gasteiger partial charge in [0.05, 0.1) is 12.1 Å². The highest BCUT2D eigenvalue weighted by molar-refractivity contribution is 7.15. The van der Waals surface area contributed by atoms with Gasteiger partial charge in [0.25, 0.3) is 0 Å². The molecule has 11 heteroatoms. The van der Waals surface area contributed by atoms with E-state index in [1.165, 1.54) is 22.7 Å². The van der Waals surface area contributed by atoms with Gasteiger partial charge in [0, 0.05) is 16.5 Å². The number of thiazole rings is 2. The molecule has 0 bridgehead atoms. The van der Waals surface area contributed by atoms with E-state index >= 15 is 0 Å². The number of ether oxygens (including phenoxy) is 1. The largest absolute Gasteiger partial charge is 0.444 e. The first kappa shape index (κ1) is 22.8. The maximum atomic E-state index is 12.2. The van der Waals surface area contributed by atoms with Crippen LogP contribution in [0.2, 0.25) is 0 Å². The average molecular weight is 440 g/mol. The molecule has 2 aromatic rings. The highest BCUT2D eigenvalue weighted by Gasteiger charge is 2.17. The Morgan fingerprint density at radius 1 is 1.14 bits per heavy atom. The van der Waals surface area contributed by atoms with Gasteiger partial charge < -0.3 is 20.7 Å². The predicted molar refractivity (Wildman–Crippen MR) is 114 cm³/mol. The van der Waals surface area contributed by atoms with Crippen LogP contribution in [0.1, 0.15) is 51.1 Å². The molecule has 3 N–H and O–H groups in total. The van der Waals surface area contributed by atoms with Gasteiger partial charge >= 0.3 is 6.09 Å². The molecule has 0 saturated heterocycles. The highest BCUT2D eigenvalue weighted by atomic mass is 32.1. The molecule has 0 aliphatic heterocycles. The minimum absolute atomic E-state index is 0.0686. The van der Waals surface area contributed by atoms with Crippen LogP contribution in [0.4, 0.5) is 15.1 Å². The molecular formula is C18H25N5O4S2. The fourth-order valence-corrected chi connectivity index (χ4v) is 3.58. The molecular weight excluding hydrogens is 414 g/mol. The molecule has 29 heavy (non-hydrogen) atoms. The summed E-state index contributed by atoms with van der Waals surface area (Å²) in [5.41, 5.74) is -0.108. The van der Waals surface area contributed by atoms with Crippen molar-refractivity contribution < 1.29 is 19.1 Å². The van der Waals surface area contributed by atoms with Crippen molar-refractivity contribution in [2.75, 3.05) is 17.2 Å². The van der Waals surface area contributed by atoms with Crippen LogP contribution < -0.4 is 16.0 Å². The fourth-order valence-electron chi connectivity index (χ4n) is 2.01. The molecule has 158 valence electrons. The van der Waals surface area contributed by atoms with Gasteiger partial charge in [-0.15, -0.1) is 22.7 Å². The third-order valence-corrected chi connectivity index (χ3v) is 5.29. The number of aromatic nitrogens is 2. The Morgan fingerprint density at radius 3 is 2.45 bits per heavy atom. The van der Waals surface area contributed by atoms with Crippen molar-refractivity contribution in [2.45, 2.75) is 52.6 Å². The van der Waals surface area contributed by atoms with E-state index in [0.717, 1.165) is 4.88 Å². The molecule has 3 amide bonds. The van der Waals surface area contributed by atoms with E-state index in [4.69, 9.17) is 4.74 Å². The summed E-state index contributed by atoms with van der Waals surface area (Å²) in [7, 11) is 0. The lowest BCUT2D eigenvalue weighted by molar-refractivity contribution is -0.116. The van der Waals surface area contributed by atoms with Gasteiger partial charge in [0.15, 0.2) is 10.3 Å². The molecule has 2 heterocycles. The third-order valence-electron chi connectivity index (χ3n) is 3.27. The third kappa shape index (κ3) is 8.16. The first-order valence-electron chi connectivity index (χ1n) is 8.98. The molecule has 0 radical (unpaired) electrons. The zero-order chi connectivity index (χ0) is 21.6. The number of nitrogens with one attached hydrogen (secondary N) is 3. The Bertz CT molecular complexity index is 870. The normalized spacial score (nSPS) is 11.2. The number of nitrogens with zero attached hydrogens (tertiary/aromatic N) is 2. The summed E-state index contributed by atoms with van der Waals surface area (Å²) in [6.45, 7) is 9.08. The van der Waals surface area contributed by atoms with Crippen molar-refractivity contribution >= 4 is 50.8 Å². The molecule has 0 aliphatic carbocycles. The molecule has 0 aliphatic rings. The van der Waals surface area contributed by atoms with E-state index in [1.807, 2.05) is 0 Å². The molecule has 9 nitrogen and oxygen atoms in total. The van der Waals surface area contributed by atoms with Gasteiger partial charge in [-0.1, -0.05) is 13.8 Å². The van der Waals surface area contributed by atoms with Crippen LogP contribution in [0.3, 0.4) is 0 Å². The zero-order valence-corrected chi connectivity index (χ0v) is 18.6. The summed E-state index contributed by atoms with van der Waals surface area (Å²) in [4.78, 5) is 45.1. The van der Waals surface area contributed by atoms with Crippen LogP contribution in [-0.2, 0) is 20.7 Å². The number of carbonyl (C=O) groups is 3. The Hall–Kier alpha value is -2.53. The monoisotopic (exact) mass is 439 g/mol. The molecule has 0 spiro atoms. The maximum Gasteiger partial charge on any atom is 0.408 e. The zero-order valence-electron chi connectivity index (χ0n) is 17.0. The average Bonchev–Trinajstić information content (AvgIpc) is 3.21. The van der Waals surface area contributed by atoms with Gasteiger partial charge in [-0.25, -0.2) is 14.8 Å². The van der Waals surface area contributed by atoms with Crippen molar-refractivity contribution in [1.82, 2.24) is 15.3 Å². The minimum Gasteiger partial charge on any atom is -0.444 e. The molecule has 0 atom stereocenters. The molecule has 0 fully saturated rings. The van der Waals surface area contributed by atoms with Crippen LogP contribution in [-0.4, -0.2) is 40.0 Å². The summed E-state index contributed by atoms with van der Waals surface area (Å²) in [5.74, 6) is -0.317. The fraction of sp³-hybridized carbons (Fsp3) is 0.500. The SMILES string of the molecule is CC(C)c1cnc(NC(=O)Cc2csc(NC(=O)CNC(=O)OC(C)(C)C)n2)s1. The topological polar surface area (TPSA) is 122 Å². The van der Waals surface area contributed by atoms with Gasteiger partial charge in [-0.05, 0) is 26.7 Å². The Labute approximate surface area is 177 Å². The molecule has 0 saturated carbocycles. The number of hydrogen-bond acceptors (Lipinski definition) is 8. The quantitative estimate of drug-likeness (QED) is 0.608.